The zero-order valence-corrected chi connectivity index (χ0v) is 18.9. The molecule has 2 saturated heterocycles. The number of carbonyl (C=O) groups is 1. The van der Waals surface area contributed by atoms with Crippen LogP contribution in [-0.4, -0.2) is 67.5 Å². The summed E-state index contributed by atoms with van der Waals surface area (Å²) in [7, 11) is 0. The number of hydrogen-bond donors (Lipinski definition) is 2. The molecule has 2 fully saturated rings. The van der Waals surface area contributed by atoms with Crippen LogP contribution in [0.1, 0.15) is 52.4 Å². The number of nitrogens with one attached hydrogen (secondary N) is 1. The smallest absolute Gasteiger partial charge is 0.217 e. The average Bonchev–Trinajstić information content (AvgIpc) is 2.60. The van der Waals surface area contributed by atoms with Gasteiger partial charge in [0.15, 0.2) is 5.96 Å². The predicted octanol–water partition coefficient (Wildman–Crippen LogP) is 2.28. The van der Waals surface area contributed by atoms with E-state index in [2.05, 4.69) is 29.0 Å². The van der Waals surface area contributed by atoms with Crippen molar-refractivity contribution >= 4 is 35.8 Å². The van der Waals surface area contributed by atoms with Gasteiger partial charge in [-0.2, -0.15) is 0 Å². The summed E-state index contributed by atoms with van der Waals surface area (Å²) in [6.45, 7) is 11.7. The van der Waals surface area contributed by atoms with Crippen molar-refractivity contribution in [1.29, 1.82) is 0 Å². The van der Waals surface area contributed by atoms with E-state index < -0.39 is 0 Å². The number of nitrogens with zero attached hydrogens (tertiary/aromatic N) is 3. The molecule has 0 aromatic rings. The van der Waals surface area contributed by atoms with Gasteiger partial charge in [0.25, 0.3) is 0 Å². The lowest BCUT2D eigenvalue weighted by molar-refractivity contribution is -0.119. The van der Waals surface area contributed by atoms with Gasteiger partial charge in [-0.05, 0) is 70.5 Å². The van der Waals surface area contributed by atoms with Gasteiger partial charge in [-0.15, -0.1) is 24.0 Å². The highest BCUT2D eigenvalue weighted by Gasteiger charge is 2.24. The Morgan fingerprint density at radius 3 is 2.50 bits per heavy atom. The Morgan fingerprint density at radius 2 is 1.88 bits per heavy atom. The highest BCUT2D eigenvalue weighted by Crippen LogP contribution is 2.21. The monoisotopic (exact) mass is 479 g/mol. The molecular formula is C19H38IN5O. The van der Waals surface area contributed by atoms with Gasteiger partial charge < -0.3 is 20.9 Å². The minimum atomic E-state index is -0.187. The van der Waals surface area contributed by atoms with E-state index in [-0.39, 0.29) is 29.9 Å². The summed E-state index contributed by atoms with van der Waals surface area (Å²) in [4.78, 5) is 21.1. The van der Waals surface area contributed by atoms with E-state index in [1.54, 1.807) is 0 Å². The number of carbonyl (C=O) groups excluding carboxylic acids is 1. The van der Waals surface area contributed by atoms with Crippen molar-refractivity contribution in [3.63, 3.8) is 0 Å². The van der Waals surface area contributed by atoms with Crippen LogP contribution in [0.3, 0.4) is 0 Å². The highest BCUT2D eigenvalue weighted by atomic mass is 127. The molecule has 0 bridgehead atoms. The van der Waals surface area contributed by atoms with Crippen molar-refractivity contribution < 1.29 is 4.79 Å². The molecule has 26 heavy (non-hydrogen) atoms. The lowest BCUT2D eigenvalue weighted by atomic mass is 9.94. The van der Waals surface area contributed by atoms with E-state index in [1.807, 2.05) is 0 Å². The summed E-state index contributed by atoms with van der Waals surface area (Å²) in [6.07, 6.45) is 6.45. The molecule has 0 saturated carbocycles. The van der Waals surface area contributed by atoms with Gasteiger partial charge in [0.1, 0.15) is 0 Å². The van der Waals surface area contributed by atoms with E-state index in [1.165, 1.54) is 38.9 Å². The van der Waals surface area contributed by atoms with Gasteiger partial charge in [-0.3, -0.25) is 9.79 Å². The number of piperidine rings is 2. The fourth-order valence-electron chi connectivity index (χ4n) is 4.06. The van der Waals surface area contributed by atoms with Crippen LogP contribution in [0, 0.1) is 11.8 Å². The largest absolute Gasteiger partial charge is 0.370 e. The molecule has 6 nitrogen and oxygen atoms in total. The first-order valence-corrected chi connectivity index (χ1v) is 10.2. The second-order valence-corrected chi connectivity index (χ2v) is 7.60. The second-order valence-electron chi connectivity index (χ2n) is 7.60. The number of hydrogen-bond acceptors (Lipinski definition) is 3. The van der Waals surface area contributed by atoms with Crippen LogP contribution in [0.2, 0.25) is 0 Å². The summed E-state index contributed by atoms with van der Waals surface area (Å²) in [6, 6.07) is 0. The third-order valence-corrected chi connectivity index (χ3v) is 5.39. The van der Waals surface area contributed by atoms with E-state index in [0.717, 1.165) is 45.0 Å². The number of rotatable bonds is 7. The van der Waals surface area contributed by atoms with Crippen molar-refractivity contribution in [2.75, 3.05) is 45.8 Å². The van der Waals surface area contributed by atoms with Gasteiger partial charge in [-0.25, -0.2) is 0 Å². The first-order chi connectivity index (χ1) is 12.1. The Balaban J connectivity index is 0.00000338. The Bertz CT molecular complexity index is 438. The zero-order valence-electron chi connectivity index (χ0n) is 16.6. The Labute approximate surface area is 176 Å². The molecule has 3 N–H and O–H groups in total. The van der Waals surface area contributed by atoms with Gasteiger partial charge >= 0.3 is 0 Å². The minimum Gasteiger partial charge on any atom is -0.370 e. The van der Waals surface area contributed by atoms with Crippen molar-refractivity contribution in [3.8, 4) is 0 Å². The molecule has 0 spiro atoms. The first-order valence-electron chi connectivity index (χ1n) is 10.2. The van der Waals surface area contributed by atoms with Crippen molar-refractivity contribution in [2.45, 2.75) is 52.4 Å². The molecule has 2 heterocycles. The molecule has 2 aliphatic rings. The molecule has 2 rings (SSSR count). The minimum absolute atomic E-state index is 0. The number of nitrogens with two attached hydrogens (primary N) is 1. The number of aliphatic imine (C=N–C) groups is 1. The van der Waals surface area contributed by atoms with Crippen molar-refractivity contribution in [3.05, 3.63) is 0 Å². The molecule has 0 aromatic carbocycles. The van der Waals surface area contributed by atoms with Gasteiger partial charge in [0.2, 0.25) is 5.91 Å². The third kappa shape index (κ3) is 7.98. The van der Waals surface area contributed by atoms with Crippen LogP contribution < -0.4 is 11.1 Å². The molecule has 0 aromatic heterocycles. The first kappa shape index (κ1) is 23.5. The topological polar surface area (TPSA) is 74.0 Å². The molecule has 2 aliphatic heterocycles. The fraction of sp³-hybridized carbons (Fsp3) is 0.895. The van der Waals surface area contributed by atoms with E-state index >= 15 is 0 Å². The predicted molar refractivity (Wildman–Crippen MR) is 119 cm³/mol. The summed E-state index contributed by atoms with van der Waals surface area (Å²) < 4.78 is 0. The number of primary amides is 1. The van der Waals surface area contributed by atoms with Gasteiger partial charge in [0.05, 0.1) is 0 Å². The highest BCUT2D eigenvalue weighted by molar-refractivity contribution is 14.0. The van der Waals surface area contributed by atoms with Crippen LogP contribution >= 0.6 is 24.0 Å². The number of halogens is 1. The lowest BCUT2D eigenvalue weighted by Gasteiger charge is -2.35. The van der Waals surface area contributed by atoms with Crippen LogP contribution in [0.25, 0.3) is 0 Å². The summed E-state index contributed by atoms with van der Waals surface area (Å²) in [5, 5.41) is 3.44. The van der Waals surface area contributed by atoms with E-state index in [0.29, 0.717) is 18.3 Å². The molecular weight excluding hydrogens is 441 g/mol. The van der Waals surface area contributed by atoms with Gasteiger partial charge in [0, 0.05) is 32.6 Å². The van der Waals surface area contributed by atoms with Crippen LogP contribution in [0.4, 0.5) is 0 Å². The van der Waals surface area contributed by atoms with Crippen LogP contribution in [0.15, 0.2) is 4.99 Å². The Hall–Kier alpha value is -0.570. The molecule has 1 atom stereocenters. The maximum Gasteiger partial charge on any atom is 0.217 e. The zero-order chi connectivity index (χ0) is 18.1. The SMILES string of the molecule is CCCN1CCC(CN=C(NCC)N2CCCC(CC(N)=O)C2)CC1.I. The average molecular weight is 479 g/mol. The van der Waals surface area contributed by atoms with Crippen molar-refractivity contribution in [2.24, 2.45) is 22.6 Å². The molecule has 0 aliphatic carbocycles. The lowest BCUT2D eigenvalue weighted by Crippen LogP contribution is -2.47. The molecule has 1 amide bonds. The maximum absolute atomic E-state index is 11.2. The second kappa shape index (κ2) is 12.8. The van der Waals surface area contributed by atoms with Crippen molar-refractivity contribution in [1.82, 2.24) is 15.1 Å². The van der Waals surface area contributed by atoms with Gasteiger partial charge in [-0.1, -0.05) is 6.92 Å². The molecule has 0 radical (unpaired) electrons. The molecule has 1 unspecified atom stereocenters. The normalized spacial score (nSPS) is 22.8. The molecule has 152 valence electrons. The Kier molecular flexibility index (Phi) is 11.5. The summed E-state index contributed by atoms with van der Waals surface area (Å²) in [5.41, 5.74) is 5.39. The standard InChI is InChI=1S/C19H37N5O.HI/c1-3-9-23-11-7-16(8-12-23)14-22-19(21-4-2)24-10-5-6-17(15-24)13-18(20)25;/h16-17H,3-15H2,1-2H3,(H2,20,25)(H,21,22);1H. The Morgan fingerprint density at radius 1 is 1.15 bits per heavy atom. The molecule has 7 heteroatoms. The summed E-state index contributed by atoms with van der Waals surface area (Å²) in [5.74, 6) is 1.90. The summed E-state index contributed by atoms with van der Waals surface area (Å²) >= 11 is 0. The van der Waals surface area contributed by atoms with Crippen LogP contribution in [-0.2, 0) is 4.79 Å². The van der Waals surface area contributed by atoms with E-state index in [9.17, 15) is 4.79 Å². The number of amides is 1. The van der Waals surface area contributed by atoms with Crippen LogP contribution in [0.5, 0.6) is 0 Å². The fourth-order valence-corrected chi connectivity index (χ4v) is 4.06. The number of guanidine groups is 1. The third-order valence-electron chi connectivity index (χ3n) is 5.39. The quantitative estimate of drug-likeness (QED) is 0.334. The van der Waals surface area contributed by atoms with E-state index in [4.69, 9.17) is 10.7 Å². The number of likely N-dealkylation sites (tertiary alicyclic amines) is 2. The maximum atomic E-state index is 11.2.